The fraction of sp³-hybridized carbons (Fsp3) is 0.526. The van der Waals surface area contributed by atoms with E-state index in [0.29, 0.717) is 18.3 Å². The Labute approximate surface area is 143 Å². The molecular weight excluding hydrogens is 308 g/mol. The van der Waals surface area contributed by atoms with Gasteiger partial charge in [0.2, 0.25) is 5.91 Å². The Morgan fingerprint density at radius 2 is 1.96 bits per heavy atom. The number of rotatable bonds is 7. The Balaban J connectivity index is 2.23. The van der Waals surface area contributed by atoms with E-state index < -0.39 is 0 Å². The van der Waals surface area contributed by atoms with E-state index in [-0.39, 0.29) is 11.8 Å². The molecule has 0 fully saturated rings. The average Bonchev–Trinajstić information content (AvgIpc) is 2.86. The lowest BCUT2D eigenvalue weighted by molar-refractivity contribution is -0.121. The van der Waals surface area contributed by atoms with Crippen molar-refractivity contribution < 1.29 is 4.79 Å². The molecule has 0 saturated carbocycles. The largest absolute Gasteiger partial charge is 0.361 e. The number of benzene rings is 1. The van der Waals surface area contributed by atoms with Gasteiger partial charge in [0.15, 0.2) is 0 Å². The van der Waals surface area contributed by atoms with Gasteiger partial charge in [-0.05, 0) is 47.9 Å². The lowest BCUT2D eigenvalue weighted by atomic mass is 9.87. The lowest BCUT2D eigenvalue weighted by Crippen LogP contribution is -2.28. The first-order chi connectivity index (χ1) is 10.9. The van der Waals surface area contributed by atoms with E-state index >= 15 is 0 Å². The van der Waals surface area contributed by atoms with Gasteiger partial charge in [0.1, 0.15) is 0 Å². The van der Waals surface area contributed by atoms with E-state index in [4.69, 9.17) is 11.6 Å². The van der Waals surface area contributed by atoms with Gasteiger partial charge in [-0.2, -0.15) is 0 Å². The number of carbonyl (C=O) groups is 1. The van der Waals surface area contributed by atoms with E-state index in [1.165, 1.54) is 5.56 Å². The van der Waals surface area contributed by atoms with Crippen LogP contribution in [0.5, 0.6) is 0 Å². The summed E-state index contributed by atoms with van der Waals surface area (Å²) in [7, 11) is 0. The summed E-state index contributed by atoms with van der Waals surface area (Å²) in [4.78, 5) is 15.6. The van der Waals surface area contributed by atoms with Crippen molar-refractivity contribution in [2.75, 3.05) is 6.54 Å². The molecule has 1 aromatic heterocycles. The van der Waals surface area contributed by atoms with Crippen LogP contribution in [-0.2, 0) is 4.79 Å². The second-order valence-corrected chi connectivity index (χ2v) is 7.60. The second-order valence-electron chi connectivity index (χ2n) is 7.16. The normalized spacial score (nSPS) is 13.0. The summed E-state index contributed by atoms with van der Waals surface area (Å²) in [5.41, 5.74) is 2.26. The summed E-state index contributed by atoms with van der Waals surface area (Å²) < 4.78 is 0. The SMILES string of the molecule is CC(C)CNC(=O)CC(CC(C)C)c1c[nH]c2ccc(Cl)cc12. The minimum absolute atomic E-state index is 0.126. The van der Waals surface area contributed by atoms with Crippen molar-refractivity contribution in [1.82, 2.24) is 10.3 Å². The first-order valence-corrected chi connectivity index (χ1v) is 8.77. The number of nitrogens with one attached hydrogen (secondary N) is 2. The number of hydrogen-bond acceptors (Lipinski definition) is 1. The van der Waals surface area contributed by atoms with Crippen molar-refractivity contribution in [2.24, 2.45) is 11.8 Å². The first kappa shape index (κ1) is 17.9. The smallest absolute Gasteiger partial charge is 0.220 e. The summed E-state index contributed by atoms with van der Waals surface area (Å²) in [6.07, 6.45) is 3.53. The molecule has 0 spiro atoms. The number of hydrogen-bond donors (Lipinski definition) is 2. The van der Waals surface area contributed by atoms with E-state index in [9.17, 15) is 4.79 Å². The third-order valence-electron chi connectivity index (χ3n) is 4.01. The summed E-state index contributed by atoms with van der Waals surface area (Å²) in [6.45, 7) is 9.33. The molecule has 2 aromatic rings. The van der Waals surface area contributed by atoms with Gasteiger partial charge in [0, 0.05) is 35.1 Å². The maximum atomic E-state index is 12.3. The van der Waals surface area contributed by atoms with Crippen LogP contribution in [0.1, 0.15) is 52.0 Å². The van der Waals surface area contributed by atoms with E-state index in [2.05, 4.69) is 38.0 Å². The third kappa shape index (κ3) is 5.00. The average molecular weight is 335 g/mol. The Kier molecular flexibility index (Phi) is 6.11. The number of aromatic amines is 1. The quantitative estimate of drug-likeness (QED) is 0.725. The van der Waals surface area contributed by atoms with Crippen LogP contribution in [0.25, 0.3) is 10.9 Å². The molecule has 2 N–H and O–H groups in total. The zero-order chi connectivity index (χ0) is 17.0. The highest BCUT2D eigenvalue weighted by Gasteiger charge is 2.21. The summed E-state index contributed by atoms with van der Waals surface area (Å²) in [5, 5.41) is 4.88. The van der Waals surface area contributed by atoms with Gasteiger partial charge in [0.05, 0.1) is 0 Å². The van der Waals surface area contributed by atoms with Crippen LogP contribution in [0.15, 0.2) is 24.4 Å². The van der Waals surface area contributed by atoms with Crippen LogP contribution in [0.4, 0.5) is 0 Å². The number of H-pyrrole nitrogens is 1. The van der Waals surface area contributed by atoms with Crippen molar-refractivity contribution in [2.45, 2.75) is 46.5 Å². The van der Waals surface area contributed by atoms with Gasteiger partial charge in [-0.25, -0.2) is 0 Å². The fourth-order valence-corrected chi connectivity index (χ4v) is 3.13. The molecule has 1 aromatic carbocycles. The van der Waals surface area contributed by atoms with Crippen LogP contribution in [-0.4, -0.2) is 17.4 Å². The molecule has 1 unspecified atom stereocenters. The minimum Gasteiger partial charge on any atom is -0.361 e. The summed E-state index contributed by atoms with van der Waals surface area (Å²) in [5.74, 6) is 1.33. The highest BCUT2D eigenvalue weighted by Crippen LogP contribution is 2.33. The molecule has 0 saturated heterocycles. The molecule has 1 heterocycles. The second kappa shape index (κ2) is 7.87. The molecule has 0 radical (unpaired) electrons. The number of aromatic nitrogens is 1. The van der Waals surface area contributed by atoms with Crippen molar-refractivity contribution in [3.63, 3.8) is 0 Å². The highest BCUT2D eigenvalue weighted by atomic mass is 35.5. The van der Waals surface area contributed by atoms with Crippen LogP contribution < -0.4 is 5.32 Å². The van der Waals surface area contributed by atoms with Gasteiger partial charge in [-0.15, -0.1) is 0 Å². The molecule has 0 aliphatic heterocycles. The van der Waals surface area contributed by atoms with Crippen LogP contribution >= 0.6 is 11.6 Å². The summed E-state index contributed by atoms with van der Waals surface area (Å²) in [6, 6.07) is 5.87. The van der Waals surface area contributed by atoms with Crippen molar-refractivity contribution >= 4 is 28.4 Å². The molecule has 2 rings (SSSR count). The molecule has 0 aliphatic carbocycles. The predicted octanol–water partition coefficient (Wildman–Crippen LogP) is 5.11. The number of fused-ring (bicyclic) bond motifs is 1. The topological polar surface area (TPSA) is 44.9 Å². The maximum Gasteiger partial charge on any atom is 0.220 e. The Morgan fingerprint density at radius 3 is 2.61 bits per heavy atom. The fourth-order valence-electron chi connectivity index (χ4n) is 2.96. The predicted molar refractivity (Wildman–Crippen MR) is 98.0 cm³/mol. The standard InChI is InChI=1S/C19H27ClN2O/c1-12(2)7-14(8-19(23)22-10-13(3)4)17-11-21-18-6-5-15(20)9-16(17)18/h5-6,9,11-14,21H,7-8,10H2,1-4H3,(H,22,23). The number of carbonyl (C=O) groups excluding carboxylic acids is 1. The van der Waals surface area contributed by atoms with Gasteiger partial charge in [0.25, 0.3) is 0 Å². The monoisotopic (exact) mass is 334 g/mol. The van der Waals surface area contributed by atoms with E-state index in [0.717, 1.165) is 28.9 Å². The van der Waals surface area contributed by atoms with Crippen molar-refractivity contribution in [3.05, 3.63) is 35.0 Å². The molecule has 3 nitrogen and oxygen atoms in total. The summed E-state index contributed by atoms with van der Waals surface area (Å²) >= 11 is 6.16. The zero-order valence-corrected chi connectivity index (χ0v) is 15.2. The zero-order valence-electron chi connectivity index (χ0n) is 14.4. The molecule has 1 amide bonds. The molecule has 4 heteroatoms. The molecular formula is C19H27ClN2O. The van der Waals surface area contributed by atoms with Gasteiger partial charge in [-0.1, -0.05) is 39.3 Å². The Hall–Kier alpha value is -1.48. The first-order valence-electron chi connectivity index (χ1n) is 8.40. The molecule has 126 valence electrons. The number of halogens is 1. The van der Waals surface area contributed by atoms with Gasteiger partial charge < -0.3 is 10.3 Å². The van der Waals surface area contributed by atoms with E-state index in [1.807, 2.05) is 24.4 Å². The van der Waals surface area contributed by atoms with Crippen LogP contribution in [0.3, 0.4) is 0 Å². The number of amides is 1. The lowest BCUT2D eigenvalue weighted by Gasteiger charge is -2.19. The highest BCUT2D eigenvalue weighted by molar-refractivity contribution is 6.31. The van der Waals surface area contributed by atoms with Crippen LogP contribution in [0, 0.1) is 11.8 Å². The Morgan fingerprint density at radius 1 is 1.22 bits per heavy atom. The third-order valence-corrected chi connectivity index (χ3v) is 4.25. The van der Waals surface area contributed by atoms with Gasteiger partial charge in [-0.3, -0.25) is 4.79 Å². The molecule has 0 aliphatic rings. The maximum absolute atomic E-state index is 12.3. The van der Waals surface area contributed by atoms with Crippen molar-refractivity contribution in [3.8, 4) is 0 Å². The van der Waals surface area contributed by atoms with E-state index in [1.54, 1.807) is 0 Å². The van der Waals surface area contributed by atoms with Crippen LogP contribution in [0.2, 0.25) is 5.02 Å². The van der Waals surface area contributed by atoms with Crippen molar-refractivity contribution in [1.29, 1.82) is 0 Å². The van der Waals surface area contributed by atoms with Gasteiger partial charge >= 0.3 is 0 Å². The Bertz CT molecular complexity index is 660. The molecule has 23 heavy (non-hydrogen) atoms. The minimum atomic E-state index is 0.126. The molecule has 0 bridgehead atoms. The molecule has 1 atom stereocenters.